The monoisotopic (exact) mass is 151 g/mol. The highest BCUT2D eigenvalue weighted by atomic mass is 15.1. The molecule has 0 bridgehead atoms. The van der Waals surface area contributed by atoms with Crippen LogP contribution >= 0.6 is 0 Å². The zero-order valence-electron chi connectivity index (χ0n) is 7.93. The van der Waals surface area contributed by atoms with Crippen molar-refractivity contribution in [1.82, 2.24) is 4.90 Å². The first kappa shape index (κ1) is 9.12. The lowest BCUT2D eigenvalue weighted by atomic mass is 9.61. The Morgan fingerprint density at radius 3 is 2.45 bits per heavy atom. The van der Waals surface area contributed by atoms with Crippen molar-refractivity contribution < 1.29 is 0 Å². The van der Waals surface area contributed by atoms with Crippen LogP contribution in [0.5, 0.6) is 0 Å². The maximum Gasteiger partial charge on any atom is 0.0767 e. The van der Waals surface area contributed by atoms with E-state index in [4.69, 9.17) is 7.85 Å². The lowest BCUT2D eigenvalue weighted by Gasteiger charge is -2.29. The Morgan fingerprint density at radius 1 is 1.55 bits per heavy atom. The summed E-state index contributed by atoms with van der Waals surface area (Å²) in [5.74, 6) is 0.610. The van der Waals surface area contributed by atoms with Crippen molar-refractivity contribution in [3.05, 3.63) is 0 Å². The minimum absolute atomic E-state index is 0.0933. The third-order valence-corrected chi connectivity index (χ3v) is 3.01. The molecule has 0 N–H and O–H groups in total. The molecule has 0 aromatic rings. The van der Waals surface area contributed by atoms with E-state index in [1.54, 1.807) is 0 Å². The second-order valence-corrected chi connectivity index (χ2v) is 4.01. The van der Waals surface area contributed by atoms with Gasteiger partial charge in [0.15, 0.2) is 0 Å². The molecule has 62 valence electrons. The van der Waals surface area contributed by atoms with E-state index in [1.807, 2.05) is 0 Å². The SMILES string of the molecule is [B]C1(C(C)C)CCN(CC)C1. The van der Waals surface area contributed by atoms with Gasteiger partial charge in [-0.2, -0.15) is 0 Å². The first-order valence-electron chi connectivity index (χ1n) is 4.59. The molecule has 1 heterocycles. The van der Waals surface area contributed by atoms with Crippen LogP contribution < -0.4 is 0 Å². The Balaban J connectivity index is 2.50. The van der Waals surface area contributed by atoms with Crippen molar-refractivity contribution >= 4 is 7.85 Å². The van der Waals surface area contributed by atoms with E-state index < -0.39 is 0 Å². The lowest BCUT2D eigenvalue weighted by Crippen LogP contribution is -2.26. The summed E-state index contributed by atoms with van der Waals surface area (Å²) in [4.78, 5) is 2.43. The van der Waals surface area contributed by atoms with Gasteiger partial charge in [-0.3, -0.25) is 0 Å². The molecular formula is C9H18BN. The van der Waals surface area contributed by atoms with Gasteiger partial charge in [-0.1, -0.05) is 26.1 Å². The van der Waals surface area contributed by atoms with Crippen molar-refractivity contribution in [2.24, 2.45) is 5.92 Å². The number of hydrogen-bond donors (Lipinski definition) is 0. The molecule has 0 amide bonds. The first-order chi connectivity index (χ1) is 5.08. The van der Waals surface area contributed by atoms with Crippen molar-refractivity contribution in [1.29, 1.82) is 0 Å². The second kappa shape index (κ2) is 3.18. The van der Waals surface area contributed by atoms with Crippen LogP contribution in [0.1, 0.15) is 27.2 Å². The van der Waals surface area contributed by atoms with Gasteiger partial charge in [0.2, 0.25) is 0 Å². The van der Waals surface area contributed by atoms with Gasteiger partial charge < -0.3 is 4.90 Å². The van der Waals surface area contributed by atoms with Crippen LogP contribution in [0.3, 0.4) is 0 Å². The number of likely N-dealkylation sites (tertiary alicyclic amines) is 1. The second-order valence-electron chi connectivity index (χ2n) is 4.01. The summed E-state index contributed by atoms with van der Waals surface area (Å²) < 4.78 is 0. The fourth-order valence-corrected chi connectivity index (χ4v) is 1.68. The standard InChI is InChI=1S/C9H18BN/c1-4-11-6-5-9(10,7-11)8(2)3/h8H,4-7H2,1-3H3. The molecule has 1 nitrogen and oxygen atoms in total. The molecule has 2 heteroatoms. The van der Waals surface area contributed by atoms with Gasteiger partial charge in [0.1, 0.15) is 0 Å². The molecule has 11 heavy (non-hydrogen) atoms. The van der Waals surface area contributed by atoms with E-state index >= 15 is 0 Å². The average molecular weight is 151 g/mol. The van der Waals surface area contributed by atoms with Gasteiger partial charge in [0.25, 0.3) is 0 Å². The fraction of sp³-hybridized carbons (Fsp3) is 1.00. The Kier molecular flexibility index (Phi) is 2.63. The molecule has 1 aliphatic heterocycles. The third kappa shape index (κ3) is 1.78. The summed E-state index contributed by atoms with van der Waals surface area (Å²) in [5.41, 5.74) is 0. The van der Waals surface area contributed by atoms with Crippen LogP contribution in [0.25, 0.3) is 0 Å². The van der Waals surface area contributed by atoms with Crippen LogP contribution in [0, 0.1) is 5.92 Å². The van der Waals surface area contributed by atoms with Gasteiger partial charge >= 0.3 is 0 Å². The van der Waals surface area contributed by atoms with Crippen molar-refractivity contribution in [2.75, 3.05) is 19.6 Å². The van der Waals surface area contributed by atoms with Crippen molar-refractivity contribution in [3.8, 4) is 0 Å². The van der Waals surface area contributed by atoms with Crippen LogP contribution in [0.4, 0.5) is 0 Å². The largest absolute Gasteiger partial charge is 0.304 e. The maximum absolute atomic E-state index is 6.23. The molecule has 1 saturated heterocycles. The molecule has 1 aliphatic rings. The zero-order chi connectivity index (χ0) is 8.48. The molecule has 1 atom stereocenters. The van der Waals surface area contributed by atoms with E-state index in [9.17, 15) is 0 Å². The van der Waals surface area contributed by atoms with Crippen LogP contribution in [-0.2, 0) is 0 Å². The molecule has 1 fully saturated rings. The molecule has 0 saturated carbocycles. The topological polar surface area (TPSA) is 3.24 Å². The summed E-state index contributed by atoms with van der Waals surface area (Å²) in [7, 11) is 6.23. The Bertz CT molecular complexity index is 136. The number of nitrogens with zero attached hydrogens (tertiary/aromatic N) is 1. The molecular weight excluding hydrogens is 133 g/mol. The predicted molar refractivity (Wildman–Crippen MR) is 50.0 cm³/mol. The molecule has 1 rings (SSSR count). The van der Waals surface area contributed by atoms with Gasteiger partial charge in [0, 0.05) is 0 Å². The predicted octanol–water partition coefficient (Wildman–Crippen LogP) is 1.70. The summed E-state index contributed by atoms with van der Waals surface area (Å²) >= 11 is 0. The van der Waals surface area contributed by atoms with Gasteiger partial charge in [-0.15, -0.1) is 0 Å². The highest BCUT2D eigenvalue weighted by Gasteiger charge is 2.34. The summed E-state index contributed by atoms with van der Waals surface area (Å²) in [5, 5.41) is 0.0933. The summed E-state index contributed by atoms with van der Waals surface area (Å²) in [6.45, 7) is 10.1. The third-order valence-electron chi connectivity index (χ3n) is 3.01. The number of rotatable bonds is 2. The molecule has 0 spiro atoms. The molecule has 2 radical (unpaired) electrons. The van der Waals surface area contributed by atoms with Gasteiger partial charge in [0.05, 0.1) is 7.85 Å². The van der Waals surface area contributed by atoms with Crippen molar-refractivity contribution in [2.45, 2.75) is 32.5 Å². The minimum atomic E-state index is 0.0933. The van der Waals surface area contributed by atoms with Gasteiger partial charge in [-0.05, 0) is 32.0 Å². The number of hydrogen-bond acceptors (Lipinski definition) is 1. The summed E-state index contributed by atoms with van der Waals surface area (Å²) in [6.07, 6.45) is 1.17. The zero-order valence-corrected chi connectivity index (χ0v) is 7.93. The fourth-order valence-electron chi connectivity index (χ4n) is 1.68. The molecule has 0 aromatic heterocycles. The van der Waals surface area contributed by atoms with E-state index in [0.717, 1.165) is 13.1 Å². The van der Waals surface area contributed by atoms with Gasteiger partial charge in [-0.25, -0.2) is 0 Å². The smallest absolute Gasteiger partial charge is 0.0767 e. The van der Waals surface area contributed by atoms with E-state index in [0.29, 0.717) is 5.92 Å². The average Bonchev–Trinajstić information content (AvgIpc) is 2.33. The Morgan fingerprint density at radius 2 is 2.18 bits per heavy atom. The van der Waals surface area contributed by atoms with Crippen LogP contribution in [0.15, 0.2) is 0 Å². The Labute approximate surface area is 71.6 Å². The molecule has 0 aliphatic carbocycles. The minimum Gasteiger partial charge on any atom is -0.304 e. The van der Waals surface area contributed by atoms with E-state index in [2.05, 4.69) is 25.7 Å². The maximum atomic E-state index is 6.23. The van der Waals surface area contributed by atoms with E-state index in [-0.39, 0.29) is 5.31 Å². The van der Waals surface area contributed by atoms with Crippen LogP contribution in [-0.4, -0.2) is 32.4 Å². The molecule has 1 unspecified atom stereocenters. The Hall–Kier alpha value is 0.0249. The quantitative estimate of drug-likeness (QED) is 0.543. The highest BCUT2D eigenvalue weighted by molar-refractivity contribution is 6.15. The van der Waals surface area contributed by atoms with Crippen LogP contribution in [0.2, 0.25) is 5.31 Å². The summed E-state index contributed by atoms with van der Waals surface area (Å²) in [6, 6.07) is 0. The highest BCUT2D eigenvalue weighted by Crippen LogP contribution is 2.41. The lowest BCUT2D eigenvalue weighted by molar-refractivity contribution is 0.326. The first-order valence-corrected chi connectivity index (χ1v) is 4.59. The normalized spacial score (nSPS) is 33.5. The molecule has 0 aromatic carbocycles. The van der Waals surface area contributed by atoms with Crippen molar-refractivity contribution in [3.63, 3.8) is 0 Å². The van der Waals surface area contributed by atoms with E-state index in [1.165, 1.54) is 13.0 Å².